The van der Waals surface area contributed by atoms with Crippen LogP contribution < -0.4 is 11.3 Å². The summed E-state index contributed by atoms with van der Waals surface area (Å²) in [6, 6.07) is 0. The number of aromatic amines is 1. The van der Waals surface area contributed by atoms with Crippen LogP contribution in [0.1, 0.15) is 18.3 Å². The van der Waals surface area contributed by atoms with Gasteiger partial charge in [-0.25, -0.2) is 29.5 Å². The minimum atomic E-state index is -5.05. The average Bonchev–Trinajstić information content (AvgIpc) is 3.80. The molecule has 46 heavy (non-hydrogen) atoms. The molecule has 0 aliphatic carbocycles. The third kappa shape index (κ3) is 4.76. The van der Waals surface area contributed by atoms with Crippen molar-refractivity contribution >= 4 is 51.0 Å². The van der Waals surface area contributed by atoms with Crippen LogP contribution in [0, 0.1) is 6.92 Å². The van der Waals surface area contributed by atoms with Crippen LogP contribution in [-0.2, 0) is 41.4 Å². The molecule has 5 N–H and O–H groups in total. The Morgan fingerprint density at radius 1 is 1.04 bits per heavy atom. The second-order valence-electron chi connectivity index (χ2n) is 11.1. The Balaban J connectivity index is 1.14. The quantitative estimate of drug-likeness (QED) is 0.146. The lowest BCUT2D eigenvalue weighted by atomic mass is 10.0. The highest BCUT2D eigenvalue weighted by Crippen LogP contribution is 2.58. The van der Waals surface area contributed by atoms with E-state index in [1.807, 2.05) is 0 Å². The molecule has 24 heteroatoms. The fourth-order valence-corrected chi connectivity index (χ4v) is 8.11. The Labute approximate surface area is 257 Å². The van der Waals surface area contributed by atoms with Gasteiger partial charge in [-0.05, 0) is 6.92 Å². The zero-order valence-electron chi connectivity index (χ0n) is 23.6. The average molecular weight is 679 g/mol. The van der Waals surface area contributed by atoms with Gasteiger partial charge < -0.3 is 44.0 Å². The number of aromatic nitrogens is 8. The fourth-order valence-electron chi connectivity index (χ4n) is 6.09. The van der Waals surface area contributed by atoms with Gasteiger partial charge in [-0.2, -0.15) is 0 Å². The summed E-state index contributed by atoms with van der Waals surface area (Å²) >= 11 is 0. The number of nitrogens with two attached hydrogens (primary N) is 1. The first-order valence-electron chi connectivity index (χ1n) is 13.7. The minimum absolute atomic E-state index is 0.0385. The van der Waals surface area contributed by atoms with Crippen molar-refractivity contribution in [3.05, 3.63) is 35.2 Å². The zero-order chi connectivity index (χ0) is 32.2. The third-order valence-corrected chi connectivity index (χ3v) is 10.2. The number of aryl methyl sites for hydroxylation is 1. The van der Waals surface area contributed by atoms with Gasteiger partial charge in [-0.15, -0.1) is 0 Å². The van der Waals surface area contributed by atoms with Gasteiger partial charge in [0.25, 0.3) is 13.0 Å². The van der Waals surface area contributed by atoms with E-state index < -0.39 is 82.6 Å². The van der Waals surface area contributed by atoms with E-state index in [2.05, 4.69) is 29.9 Å². The molecule has 0 amide bonds. The number of ether oxygens (including phenoxy) is 3. The van der Waals surface area contributed by atoms with Gasteiger partial charge in [0.05, 0.1) is 32.5 Å². The van der Waals surface area contributed by atoms with E-state index in [9.17, 15) is 23.9 Å². The number of rotatable bonds is 2. The topological polar surface area (TPSA) is 272 Å². The van der Waals surface area contributed by atoms with E-state index >= 15 is 0 Å². The molecule has 0 spiro atoms. The molecule has 4 aromatic heterocycles. The molecule has 9 unspecified atom stereocenters. The number of nitrogens with one attached hydrogen (secondary N) is 1. The molecule has 8 rings (SSSR count). The summed E-state index contributed by atoms with van der Waals surface area (Å²) in [5, 5.41) is 11.1. The molecule has 8 heterocycles. The highest BCUT2D eigenvalue weighted by Gasteiger charge is 2.65. The molecule has 4 saturated heterocycles. The molecule has 0 aromatic carbocycles. The normalized spacial score (nSPS) is 39.7. The van der Waals surface area contributed by atoms with Gasteiger partial charge in [0.1, 0.15) is 53.8 Å². The summed E-state index contributed by atoms with van der Waals surface area (Å²) < 4.78 is 70.0. The smallest absolute Gasteiger partial charge is 0.387 e. The largest absolute Gasteiger partial charge is 0.472 e. The van der Waals surface area contributed by atoms with Gasteiger partial charge >= 0.3 is 7.82 Å². The van der Waals surface area contributed by atoms with E-state index in [1.165, 1.54) is 35.0 Å². The van der Waals surface area contributed by atoms with E-state index in [0.29, 0.717) is 0 Å². The van der Waals surface area contributed by atoms with Crippen molar-refractivity contribution in [3.8, 4) is 0 Å². The molecular formula is C22H24BN9O12P2. The number of aliphatic hydroxyl groups excluding tert-OH is 1. The lowest BCUT2D eigenvalue weighted by Gasteiger charge is -2.32. The summed E-state index contributed by atoms with van der Waals surface area (Å²) in [5.74, 6) is 0.361. The van der Waals surface area contributed by atoms with Crippen molar-refractivity contribution in [1.29, 1.82) is 0 Å². The molecule has 2 radical (unpaired) electrons. The van der Waals surface area contributed by atoms with Crippen molar-refractivity contribution in [2.24, 2.45) is 0 Å². The van der Waals surface area contributed by atoms with Crippen LogP contribution in [0.15, 0.2) is 23.8 Å². The molecule has 0 saturated carbocycles. The van der Waals surface area contributed by atoms with Crippen LogP contribution in [0.25, 0.3) is 22.3 Å². The van der Waals surface area contributed by atoms with Crippen LogP contribution in [-0.4, -0.2) is 113 Å². The maximum Gasteiger partial charge on any atom is 0.472 e. The van der Waals surface area contributed by atoms with Crippen molar-refractivity contribution in [1.82, 2.24) is 39.0 Å². The van der Waals surface area contributed by atoms with Gasteiger partial charge in [-0.3, -0.25) is 27.5 Å². The van der Waals surface area contributed by atoms with Crippen molar-refractivity contribution < 1.29 is 51.4 Å². The number of anilines is 1. The van der Waals surface area contributed by atoms with E-state index in [-0.39, 0.29) is 40.6 Å². The number of fused-ring (bicyclic) bond motifs is 4. The fraction of sp³-hybridized carbons (Fsp3) is 0.545. The first-order chi connectivity index (χ1) is 21.8. The Morgan fingerprint density at radius 2 is 1.80 bits per heavy atom. The summed E-state index contributed by atoms with van der Waals surface area (Å²) in [5.41, 5.74) is 4.27. The molecule has 4 aliphatic rings. The van der Waals surface area contributed by atoms with Crippen molar-refractivity contribution in [2.75, 3.05) is 25.6 Å². The third-order valence-electron chi connectivity index (χ3n) is 8.18. The van der Waals surface area contributed by atoms with Gasteiger partial charge in [0, 0.05) is 0 Å². The summed E-state index contributed by atoms with van der Waals surface area (Å²) in [6.45, 7) is 0.00536. The molecule has 4 aliphatic heterocycles. The molecule has 21 nitrogen and oxygen atoms in total. The number of hydrogen-bond acceptors (Lipinski definition) is 17. The van der Waals surface area contributed by atoms with Crippen LogP contribution in [0.2, 0.25) is 0 Å². The highest BCUT2D eigenvalue weighted by molar-refractivity contribution is 7.79. The maximum atomic E-state index is 13.5. The number of nitrogens with zero attached hydrogens (tertiary/aromatic N) is 7. The van der Waals surface area contributed by atoms with E-state index in [0.717, 1.165) is 0 Å². The first kappa shape index (κ1) is 30.2. The van der Waals surface area contributed by atoms with E-state index in [1.54, 1.807) is 0 Å². The van der Waals surface area contributed by atoms with Crippen LogP contribution >= 0.6 is 15.3 Å². The van der Waals surface area contributed by atoms with Gasteiger partial charge in [0.15, 0.2) is 35.1 Å². The minimum Gasteiger partial charge on any atom is -0.387 e. The number of nitrogen functional groups attached to an aromatic ring is 1. The molecular weight excluding hydrogens is 655 g/mol. The highest BCUT2D eigenvalue weighted by atomic mass is 31.2. The molecule has 10 atom stereocenters. The summed E-state index contributed by atoms with van der Waals surface area (Å²) in [6.07, 6.45) is -5.44. The van der Waals surface area contributed by atoms with Gasteiger partial charge in [0.2, 0.25) is 7.57 Å². The molecule has 242 valence electrons. The van der Waals surface area contributed by atoms with E-state index in [4.69, 9.17) is 45.6 Å². The standard InChI is InChI=1S/C22H24BN9O12P2/c1-8-29-18-11(19(34)30-8)28-7-32(18)20-13-12(33)9(41-20)2-39-45(23,35)44-15-14-21(31-6-27-10-16(24)25-5-26-17(10)31)42-22(15,3-38-14)4-40-46(36,37)43-13/h5-7,9,12-15,20-21,33H,2-4H2,1H3,(H,36,37)(H2,24,25,26)(H,29,30,34)/t9?,12?,13?,14?,15?,20?,21?,22?,45-/m1/s1. The Morgan fingerprint density at radius 3 is 2.61 bits per heavy atom. The Kier molecular flexibility index (Phi) is 6.85. The monoisotopic (exact) mass is 679 g/mol. The molecule has 4 aromatic rings. The molecule has 4 fully saturated rings. The van der Waals surface area contributed by atoms with Crippen LogP contribution in [0.3, 0.4) is 0 Å². The Hall–Kier alpha value is -3.14. The van der Waals surface area contributed by atoms with Crippen molar-refractivity contribution in [2.45, 2.75) is 55.5 Å². The number of aliphatic hydroxyl groups is 1. The predicted octanol–water partition coefficient (Wildman–Crippen LogP) is -1.03. The number of H-pyrrole nitrogens is 1. The summed E-state index contributed by atoms with van der Waals surface area (Å²) in [4.78, 5) is 46.5. The number of phosphoric ester groups is 1. The second kappa shape index (κ2) is 10.4. The zero-order valence-corrected chi connectivity index (χ0v) is 25.3. The lowest BCUT2D eigenvalue weighted by Crippen LogP contribution is -2.46. The van der Waals surface area contributed by atoms with Crippen LogP contribution in [0.5, 0.6) is 0 Å². The number of hydrogen-bond donors (Lipinski definition) is 4. The molecule has 4 bridgehead atoms. The Bertz CT molecular complexity index is 2030. The first-order valence-corrected chi connectivity index (χ1v) is 16.8. The van der Waals surface area contributed by atoms with Gasteiger partial charge in [-0.1, -0.05) is 0 Å². The SMILES string of the molecule is [B][P@@]1(=O)OCC2OC(n3cnc4c(=O)[nH]c(C)nc43)C(OP(=O)(O)OCC34COC(C(n5cnc6c(N)ncnc65)O3)C4O1)C2O. The summed E-state index contributed by atoms with van der Waals surface area (Å²) in [7, 11) is -3.51. The van der Waals surface area contributed by atoms with Crippen LogP contribution in [0.4, 0.5) is 5.82 Å². The number of phosphoric acid groups is 1. The predicted molar refractivity (Wildman–Crippen MR) is 150 cm³/mol. The second-order valence-corrected chi connectivity index (χ2v) is 14.1. The number of imidazole rings is 2. The van der Waals surface area contributed by atoms with Crippen molar-refractivity contribution in [3.63, 3.8) is 0 Å². The lowest BCUT2D eigenvalue weighted by molar-refractivity contribution is -0.184. The maximum absolute atomic E-state index is 13.5.